The summed E-state index contributed by atoms with van der Waals surface area (Å²) in [5, 5.41) is 0. The van der Waals surface area contributed by atoms with Gasteiger partial charge in [0.1, 0.15) is 6.33 Å². The molecule has 2 aromatic carbocycles. The molecule has 0 fully saturated rings. The second-order valence-electron chi connectivity index (χ2n) is 6.50. The third-order valence-corrected chi connectivity index (χ3v) is 3.86. The molecule has 0 unspecified atom stereocenters. The SMILES string of the molecule is CC(C)(C)c1ccc(-c2ccccc2-c2cncnc2)cc1. The minimum absolute atomic E-state index is 0.172. The first kappa shape index (κ1) is 14.5. The van der Waals surface area contributed by atoms with E-state index >= 15 is 0 Å². The number of aromatic nitrogens is 2. The predicted octanol–water partition coefficient (Wildman–Crippen LogP) is 5.11. The fourth-order valence-corrected chi connectivity index (χ4v) is 2.57. The van der Waals surface area contributed by atoms with Crippen molar-refractivity contribution in [3.63, 3.8) is 0 Å². The summed E-state index contributed by atoms with van der Waals surface area (Å²) in [5.74, 6) is 0. The van der Waals surface area contributed by atoms with Crippen molar-refractivity contribution in [3.8, 4) is 22.3 Å². The van der Waals surface area contributed by atoms with Crippen molar-refractivity contribution >= 4 is 0 Å². The standard InChI is InChI=1S/C20H20N2/c1-20(2,3)17-10-8-15(9-11-17)18-6-4-5-7-19(18)16-12-21-14-22-13-16/h4-14H,1-3H3. The highest BCUT2D eigenvalue weighted by molar-refractivity contribution is 5.82. The molecule has 1 aromatic heterocycles. The Morgan fingerprint density at radius 1 is 0.682 bits per heavy atom. The quantitative estimate of drug-likeness (QED) is 0.655. The van der Waals surface area contributed by atoms with E-state index in [1.807, 2.05) is 12.4 Å². The van der Waals surface area contributed by atoms with Gasteiger partial charge in [-0.1, -0.05) is 69.3 Å². The van der Waals surface area contributed by atoms with Crippen molar-refractivity contribution < 1.29 is 0 Å². The fraction of sp³-hybridized carbons (Fsp3) is 0.200. The zero-order chi connectivity index (χ0) is 15.6. The lowest BCUT2D eigenvalue weighted by Crippen LogP contribution is -2.10. The van der Waals surface area contributed by atoms with Gasteiger partial charge in [0, 0.05) is 18.0 Å². The van der Waals surface area contributed by atoms with Gasteiger partial charge in [-0.2, -0.15) is 0 Å². The molecule has 2 nitrogen and oxygen atoms in total. The van der Waals surface area contributed by atoms with Crippen LogP contribution < -0.4 is 0 Å². The molecule has 0 N–H and O–H groups in total. The van der Waals surface area contributed by atoms with Gasteiger partial charge in [0.15, 0.2) is 0 Å². The average Bonchev–Trinajstić information content (AvgIpc) is 2.55. The van der Waals surface area contributed by atoms with Gasteiger partial charge in [0.25, 0.3) is 0 Å². The number of rotatable bonds is 2. The van der Waals surface area contributed by atoms with Gasteiger partial charge < -0.3 is 0 Å². The van der Waals surface area contributed by atoms with Crippen LogP contribution in [0.4, 0.5) is 0 Å². The van der Waals surface area contributed by atoms with Crippen LogP contribution >= 0.6 is 0 Å². The van der Waals surface area contributed by atoms with Gasteiger partial charge in [-0.3, -0.25) is 0 Å². The van der Waals surface area contributed by atoms with Crippen molar-refractivity contribution in [1.82, 2.24) is 9.97 Å². The molecule has 0 aliphatic rings. The minimum Gasteiger partial charge on any atom is -0.244 e. The molecular formula is C20H20N2. The maximum absolute atomic E-state index is 4.13. The van der Waals surface area contributed by atoms with Crippen LogP contribution in [0.5, 0.6) is 0 Å². The molecule has 0 saturated heterocycles. The molecule has 0 bridgehead atoms. The largest absolute Gasteiger partial charge is 0.244 e. The van der Waals surface area contributed by atoms with Crippen molar-refractivity contribution in [1.29, 1.82) is 0 Å². The molecular weight excluding hydrogens is 268 g/mol. The van der Waals surface area contributed by atoms with Crippen molar-refractivity contribution in [3.05, 3.63) is 72.8 Å². The molecule has 22 heavy (non-hydrogen) atoms. The van der Waals surface area contributed by atoms with E-state index in [2.05, 4.69) is 79.3 Å². The van der Waals surface area contributed by atoms with Gasteiger partial charge in [-0.15, -0.1) is 0 Å². The van der Waals surface area contributed by atoms with Crippen LogP contribution in [-0.2, 0) is 5.41 Å². The Bertz CT molecular complexity index is 754. The maximum atomic E-state index is 4.13. The summed E-state index contributed by atoms with van der Waals surface area (Å²) in [5.41, 5.74) is 6.14. The van der Waals surface area contributed by atoms with Gasteiger partial charge in [0.05, 0.1) is 0 Å². The Balaban J connectivity index is 2.06. The Labute approximate surface area is 131 Å². The minimum atomic E-state index is 0.172. The van der Waals surface area contributed by atoms with Crippen LogP contribution in [0.25, 0.3) is 22.3 Å². The van der Waals surface area contributed by atoms with Gasteiger partial charge >= 0.3 is 0 Å². The molecule has 0 saturated carbocycles. The number of hydrogen-bond donors (Lipinski definition) is 0. The van der Waals surface area contributed by atoms with Crippen LogP contribution in [-0.4, -0.2) is 9.97 Å². The molecule has 3 rings (SSSR count). The van der Waals surface area contributed by atoms with Gasteiger partial charge in [0.2, 0.25) is 0 Å². The Morgan fingerprint density at radius 3 is 1.77 bits per heavy atom. The lowest BCUT2D eigenvalue weighted by molar-refractivity contribution is 0.590. The topological polar surface area (TPSA) is 25.8 Å². The fourth-order valence-electron chi connectivity index (χ4n) is 2.57. The third kappa shape index (κ3) is 2.91. The van der Waals surface area contributed by atoms with Crippen LogP contribution in [0.15, 0.2) is 67.3 Å². The van der Waals surface area contributed by atoms with E-state index in [0.29, 0.717) is 0 Å². The van der Waals surface area contributed by atoms with E-state index < -0.39 is 0 Å². The summed E-state index contributed by atoms with van der Waals surface area (Å²) in [6.45, 7) is 6.70. The third-order valence-electron chi connectivity index (χ3n) is 3.86. The zero-order valence-electron chi connectivity index (χ0n) is 13.2. The summed E-state index contributed by atoms with van der Waals surface area (Å²) in [4.78, 5) is 8.26. The van der Waals surface area contributed by atoms with E-state index in [1.54, 1.807) is 6.33 Å². The molecule has 0 aliphatic heterocycles. The summed E-state index contributed by atoms with van der Waals surface area (Å²) >= 11 is 0. The monoisotopic (exact) mass is 288 g/mol. The van der Waals surface area contributed by atoms with Gasteiger partial charge in [-0.05, 0) is 27.7 Å². The van der Waals surface area contributed by atoms with Crippen LogP contribution in [0.3, 0.4) is 0 Å². The number of nitrogens with zero attached hydrogens (tertiary/aromatic N) is 2. The summed E-state index contributed by atoms with van der Waals surface area (Å²) < 4.78 is 0. The van der Waals surface area contributed by atoms with E-state index in [4.69, 9.17) is 0 Å². The molecule has 0 radical (unpaired) electrons. The molecule has 0 amide bonds. The predicted molar refractivity (Wildman–Crippen MR) is 91.6 cm³/mol. The zero-order valence-corrected chi connectivity index (χ0v) is 13.2. The summed E-state index contributed by atoms with van der Waals surface area (Å²) in [6.07, 6.45) is 5.27. The lowest BCUT2D eigenvalue weighted by atomic mass is 9.85. The highest BCUT2D eigenvalue weighted by Crippen LogP contribution is 2.32. The summed E-state index contributed by atoms with van der Waals surface area (Å²) in [6, 6.07) is 17.2. The van der Waals surface area contributed by atoms with E-state index in [9.17, 15) is 0 Å². The first-order chi connectivity index (χ1) is 10.6. The molecule has 0 atom stereocenters. The van der Waals surface area contributed by atoms with Crippen molar-refractivity contribution in [2.75, 3.05) is 0 Å². The molecule has 0 spiro atoms. The normalized spacial score (nSPS) is 11.4. The second kappa shape index (κ2) is 5.72. The summed E-state index contributed by atoms with van der Waals surface area (Å²) in [7, 11) is 0. The molecule has 1 heterocycles. The van der Waals surface area contributed by atoms with Crippen LogP contribution in [0, 0.1) is 0 Å². The Hall–Kier alpha value is -2.48. The van der Waals surface area contributed by atoms with Crippen molar-refractivity contribution in [2.45, 2.75) is 26.2 Å². The lowest BCUT2D eigenvalue weighted by Gasteiger charge is -2.19. The Morgan fingerprint density at radius 2 is 1.23 bits per heavy atom. The highest BCUT2D eigenvalue weighted by atomic mass is 14.8. The van der Waals surface area contributed by atoms with E-state index in [0.717, 1.165) is 11.1 Å². The maximum Gasteiger partial charge on any atom is 0.115 e. The highest BCUT2D eigenvalue weighted by Gasteiger charge is 2.14. The first-order valence-corrected chi connectivity index (χ1v) is 7.51. The second-order valence-corrected chi connectivity index (χ2v) is 6.50. The first-order valence-electron chi connectivity index (χ1n) is 7.51. The van der Waals surface area contributed by atoms with Crippen LogP contribution in [0.2, 0.25) is 0 Å². The molecule has 3 aromatic rings. The molecule has 0 aliphatic carbocycles. The van der Waals surface area contributed by atoms with Crippen LogP contribution in [0.1, 0.15) is 26.3 Å². The van der Waals surface area contributed by atoms with E-state index in [-0.39, 0.29) is 5.41 Å². The molecule has 110 valence electrons. The van der Waals surface area contributed by atoms with E-state index in [1.165, 1.54) is 16.7 Å². The number of benzene rings is 2. The molecule has 2 heteroatoms. The Kier molecular flexibility index (Phi) is 3.76. The number of hydrogen-bond acceptors (Lipinski definition) is 2. The van der Waals surface area contributed by atoms with Gasteiger partial charge in [-0.25, -0.2) is 9.97 Å². The smallest absolute Gasteiger partial charge is 0.115 e. The van der Waals surface area contributed by atoms with Crippen molar-refractivity contribution in [2.24, 2.45) is 0 Å². The average molecular weight is 288 g/mol.